The highest BCUT2D eigenvalue weighted by molar-refractivity contribution is 5.42. The summed E-state index contributed by atoms with van der Waals surface area (Å²) in [5.74, 6) is 0.0877. The zero-order valence-corrected chi connectivity index (χ0v) is 5.65. The van der Waals surface area contributed by atoms with Crippen LogP contribution in [0.1, 0.15) is 11.4 Å². The minimum Gasteiger partial charge on any atom is -0.390 e. The molecule has 0 saturated heterocycles. The molecule has 0 aliphatic heterocycles. The molecule has 1 rings (SSSR count). The second kappa shape index (κ2) is 2.94. The summed E-state index contributed by atoms with van der Waals surface area (Å²) in [6.07, 6.45) is 1.33. The number of hydrogen-bond acceptors (Lipinski definition) is 5. The molecule has 1 aromatic rings. The number of nitriles is 1. The standard InChI is InChI=1S/C6H6N4O/c7-1-5-6(8)9-2-4(3-11)10-5/h2,11H,3H2,(H2,8,9). The molecule has 0 bridgehead atoms. The number of nitrogen functional groups attached to an aromatic ring is 1. The average molecular weight is 150 g/mol. The van der Waals surface area contributed by atoms with E-state index in [9.17, 15) is 0 Å². The molecule has 0 fully saturated rings. The third-order valence-electron chi connectivity index (χ3n) is 1.12. The summed E-state index contributed by atoms with van der Waals surface area (Å²) in [5.41, 5.74) is 5.67. The quantitative estimate of drug-likeness (QED) is 0.558. The molecular formula is C6H6N4O. The maximum Gasteiger partial charge on any atom is 0.183 e. The predicted molar refractivity (Wildman–Crippen MR) is 37.1 cm³/mol. The fourth-order valence-electron chi connectivity index (χ4n) is 0.593. The van der Waals surface area contributed by atoms with Gasteiger partial charge in [0.15, 0.2) is 11.5 Å². The first-order valence-electron chi connectivity index (χ1n) is 2.90. The molecule has 0 aliphatic rings. The minimum atomic E-state index is -0.234. The van der Waals surface area contributed by atoms with E-state index >= 15 is 0 Å². The number of aliphatic hydroxyl groups is 1. The number of anilines is 1. The Balaban J connectivity index is 3.15. The SMILES string of the molecule is N#Cc1nc(CO)cnc1N. The lowest BCUT2D eigenvalue weighted by atomic mass is 10.4. The molecule has 0 spiro atoms. The molecule has 0 unspecified atom stereocenters. The number of hydrogen-bond donors (Lipinski definition) is 2. The Bertz CT molecular complexity index is 304. The topological polar surface area (TPSA) is 95.8 Å². The van der Waals surface area contributed by atoms with Crippen molar-refractivity contribution >= 4 is 5.82 Å². The van der Waals surface area contributed by atoms with Crippen molar-refractivity contribution in [2.75, 3.05) is 5.73 Å². The van der Waals surface area contributed by atoms with E-state index < -0.39 is 0 Å². The zero-order chi connectivity index (χ0) is 8.27. The Morgan fingerprint density at radius 1 is 1.73 bits per heavy atom. The predicted octanol–water partition coefficient (Wildman–Crippen LogP) is -0.577. The highest BCUT2D eigenvalue weighted by Crippen LogP contribution is 2.03. The highest BCUT2D eigenvalue weighted by Gasteiger charge is 2.01. The summed E-state index contributed by atoms with van der Waals surface area (Å²) in [7, 11) is 0. The van der Waals surface area contributed by atoms with Gasteiger partial charge < -0.3 is 10.8 Å². The first-order valence-corrected chi connectivity index (χ1v) is 2.90. The van der Waals surface area contributed by atoms with Crippen LogP contribution in [0.25, 0.3) is 0 Å². The first-order chi connectivity index (χ1) is 5.27. The molecule has 0 amide bonds. The Hall–Kier alpha value is -1.67. The minimum absolute atomic E-state index is 0.0524. The van der Waals surface area contributed by atoms with Crippen LogP contribution in [0.15, 0.2) is 6.20 Å². The largest absolute Gasteiger partial charge is 0.390 e. The molecule has 56 valence electrons. The van der Waals surface area contributed by atoms with Gasteiger partial charge in [0.2, 0.25) is 0 Å². The van der Waals surface area contributed by atoms with Gasteiger partial charge in [-0.05, 0) is 0 Å². The van der Waals surface area contributed by atoms with E-state index in [0.717, 1.165) is 0 Å². The van der Waals surface area contributed by atoms with Gasteiger partial charge in [-0.2, -0.15) is 5.26 Å². The van der Waals surface area contributed by atoms with Crippen molar-refractivity contribution in [1.29, 1.82) is 5.26 Å². The van der Waals surface area contributed by atoms with Crippen LogP contribution in [-0.2, 0) is 6.61 Å². The van der Waals surface area contributed by atoms with Crippen LogP contribution in [0.3, 0.4) is 0 Å². The molecule has 0 saturated carbocycles. The normalized spacial score (nSPS) is 9.09. The summed E-state index contributed by atoms with van der Waals surface area (Å²) in [4.78, 5) is 7.36. The molecule has 0 atom stereocenters. The van der Waals surface area contributed by atoms with Crippen molar-refractivity contribution in [2.24, 2.45) is 0 Å². The van der Waals surface area contributed by atoms with Crippen LogP contribution in [0.4, 0.5) is 5.82 Å². The molecule has 1 aromatic heterocycles. The van der Waals surface area contributed by atoms with Crippen molar-refractivity contribution in [3.63, 3.8) is 0 Å². The fourth-order valence-corrected chi connectivity index (χ4v) is 0.593. The maximum atomic E-state index is 8.60. The van der Waals surface area contributed by atoms with E-state index in [4.69, 9.17) is 16.1 Å². The molecule has 0 radical (unpaired) electrons. The van der Waals surface area contributed by atoms with Gasteiger partial charge in [0.1, 0.15) is 6.07 Å². The Kier molecular flexibility index (Phi) is 1.99. The maximum absolute atomic E-state index is 8.60. The Labute approximate surface area is 63.1 Å². The van der Waals surface area contributed by atoms with Gasteiger partial charge in [0.25, 0.3) is 0 Å². The van der Waals surface area contributed by atoms with Crippen molar-refractivity contribution in [2.45, 2.75) is 6.61 Å². The molecular weight excluding hydrogens is 144 g/mol. The van der Waals surface area contributed by atoms with E-state index in [1.807, 2.05) is 0 Å². The number of nitrogens with zero attached hydrogens (tertiary/aromatic N) is 3. The van der Waals surface area contributed by atoms with Crippen molar-refractivity contribution in [1.82, 2.24) is 9.97 Å². The molecule has 5 nitrogen and oxygen atoms in total. The molecule has 1 heterocycles. The van der Waals surface area contributed by atoms with Gasteiger partial charge in [0.05, 0.1) is 18.5 Å². The van der Waals surface area contributed by atoms with Crippen LogP contribution in [0.2, 0.25) is 0 Å². The number of aliphatic hydroxyl groups excluding tert-OH is 1. The van der Waals surface area contributed by atoms with E-state index in [1.54, 1.807) is 6.07 Å². The monoisotopic (exact) mass is 150 g/mol. The van der Waals surface area contributed by atoms with Crippen molar-refractivity contribution < 1.29 is 5.11 Å². The second-order valence-electron chi connectivity index (χ2n) is 1.87. The number of nitrogens with two attached hydrogens (primary N) is 1. The molecule has 0 aliphatic carbocycles. The average Bonchev–Trinajstić information content (AvgIpc) is 2.05. The van der Waals surface area contributed by atoms with Crippen molar-refractivity contribution in [3.8, 4) is 6.07 Å². The number of aromatic nitrogens is 2. The molecule has 0 aromatic carbocycles. The second-order valence-corrected chi connectivity index (χ2v) is 1.87. The van der Waals surface area contributed by atoms with Crippen LogP contribution >= 0.6 is 0 Å². The van der Waals surface area contributed by atoms with Crippen LogP contribution < -0.4 is 5.73 Å². The van der Waals surface area contributed by atoms with Crippen LogP contribution in [0, 0.1) is 11.3 Å². The Morgan fingerprint density at radius 3 is 3.00 bits per heavy atom. The van der Waals surface area contributed by atoms with Gasteiger partial charge in [-0.25, -0.2) is 9.97 Å². The van der Waals surface area contributed by atoms with E-state index in [0.29, 0.717) is 5.69 Å². The lowest BCUT2D eigenvalue weighted by Crippen LogP contribution is -2.00. The van der Waals surface area contributed by atoms with Crippen LogP contribution in [-0.4, -0.2) is 15.1 Å². The first kappa shape index (κ1) is 7.44. The summed E-state index contributed by atoms with van der Waals surface area (Å²) in [6, 6.07) is 1.76. The zero-order valence-electron chi connectivity index (χ0n) is 5.65. The van der Waals surface area contributed by atoms with E-state index in [2.05, 4.69) is 9.97 Å². The van der Waals surface area contributed by atoms with E-state index in [-0.39, 0.29) is 18.1 Å². The summed E-state index contributed by atoms with van der Waals surface area (Å²) in [5, 5.41) is 17.0. The van der Waals surface area contributed by atoms with Gasteiger partial charge in [0, 0.05) is 0 Å². The van der Waals surface area contributed by atoms with Gasteiger partial charge >= 0.3 is 0 Å². The third kappa shape index (κ3) is 1.42. The summed E-state index contributed by atoms with van der Waals surface area (Å²) in [6.45, 7) is -0.234. The van der Waals surface area contributed by atoms with Crippen molar-refractivity contribution in [3.05, 3.63) is 17.6 Å². The lowest BCUT2D eigenvalue weighted by Gasteiger charge is -1.96. The summed E-state index contributed by atoms with van der Waals surface area (Å²) < 4.78 is 0. The van der Waals surface area contributed by atoms with Gasteiger partial charge in [-0.3, -0.25) is 0 Å². The molecule has 11 heavy (non-hydrogen) atoms. The highest BCUT2D eigenvalue weighted by atomic mass is 16.3. The molecule has 3 N–H and O–H groups in total. The Morgan fingerprint density at radius 2 is 2.45 bits per heavy atom. The third-order valence-corrected chi connectivity index (χ3v) is 1.12. The van der Waals surface area contributed by atoms with Gasteiger partial charge in [-0.1, -0.05) is 0 Å². The van der Waals surface area contributed by atoms with Gasteiger partial charge in [-0.15, -0.1) is 0 Å². The lowest BCUT2D eigenvalue weighted by molar-refractivity contribution is 0.276. The number of rotatable bonds is 1. The van der Waals surface area contributed by atoms with E-state index in [1.165, 1.54) is 6.20 Å². The summed E-state index contributed by atoms with van der Waals surface area (Å²) >= 11 is 0. The molecule has 5 heteroatoms. The fraction of sp³-hybridized carbons (Fsp3) is 0.167. The van der Waals surface area contributed by atoms with Crippen LogP contribution in [0.5, 0.6) is 0 Å². The smallest absolute Gasteiger partial charge is 0.183 e.